The molecule has 4 heterocycles. The van der Waals surface area contributed by atoms with Gasteiger partial charge in [-0.05, 0) is 31.2 Å². The number of H-pyrrole nitrogens is 1. The van der Waals surface area contributed by atoms with Crippen LogP contribution in [0.25, 0.3) is 0 Å². The molecule has 4 rings (SSSR count). The van der Waals surface area contributed by atoms with E-state index in [0.717, 1.165) is 42.6 Å². The van der Waals surface area contributed by atoms with E-state index in [1.54, 1.807) is 6.92 Å². The number of hydrogen-bond acceptors (Lipinski definition) is 5. The first-order valence-electron chi connectivity index (χ1n) is 10.4. The standard InChI is InChI=1S/C21H28N6O2/c1-13(2)17-10-18(25-24-17)21(29)27-8-5-4-6-19(27)20-22-11-15-12-26(14(3)28)9-7-16(15)23-20/h10-11,13,19H,4-9,12H2,1-3H3,(H,24,25)/t19-/m0/s1. The molecule has 0 saturated carbocycles. The maximum atomic E-state index is 13.2. The smallest absolute Gasteiger partial charge is 0.274 e. The number of carbonyl (C=O) groups is 2. The number of nitrogens with one attached hydrogen (secondary N) is 1. The van der Waals surface area contributed by atoms with Crippen LogP contribution in [0, 0.1) is 0 Å². The molecular weight excluding hydrogens is 368 g/mol. The van der Waals surface area contributed by atoms with E-state index in [9.17, 15) is 9.59 Å². The first-order valence-corrected chi connectivity index (χ1v) is 10.4. The number of aromatic amines is 1. The second-order valence-electron chi connectivity index (χ2n) is 8.26. The number of rotatable bonds is 3. The molecule has 0 bridgehead atoms. The van der Waals surface area contributed by atoms with Crippen LogP contribution < -0.4 is 0 Å². The minimum Gasteiger partial charge on any atom is -0.338 e. The van der Waals surface area contributed by atoms with Gasteiger partial charge in [-0.3, -0.25) is 14.7 Å². The summed E-state index contributed by atoms with van der Waals surface area (Å²) in [4.78, 5) is 37.9. The molecular formula is C21H28N6O2. The highest BCUT2D eigenvalue weighted by atomic mass is 16.2. The lowest BCUT2D eigenvalue weighted by atomic mass is 9.99. The lowest BCUT2D eigenvalue weighted by Crippen LogP contribution is -2.40. The highest BCUT2D eigenvalue weighted by molar-refractivity contribution is 5.92. The van der Waals surface area contributed by atoms with Crippen LogP contribution >= 0.6 is 0 Å². The van der Waals surface area contributed by atoms with Crippen LogP contribution in [-0.2, 0) is 17.8 Å². The number of amides is 2. The fraction of sp³-hybridized carbons (Fsp3) is 0.571. The van der Waals surface area contributed by atoms with Crippen LogP contribution in [0.4, 0.5) is 0 Å². The Hall–Kier alpha value is -2.77. The van der Waals surface area contributed by atoms with E-state index >= 15 is 0 Å². The van der Waals surface area contributed by atoms with E-state index in [1.165, 1.54) is 0 Å². The van der Waals surface area contributed by atoms with Gasteiger partial charge >= 0.3 is 0 Å². The maximum Gasteiger partial charge on any atom is 0.274 e. The van der Waals surface area contributed by atoms with Gasteiger partial charge in [-0.1, -0.05) is 13.8 Å². The van der Waals surface area contributed by atoms with Crippen LogP contribution in [0.3, 0.4) is 0 Å². The van der Waals surface area contributed by atoms with Gasteiger partial charge in [0.1, 0.15) is 5.69 Å². The molecule has 0 spiro atoms. The fourth-order valence-electron chi connectivity index (χ4n) is 4.09. The second-order valence-corrected chi connectivity index (χ2v) is 8.26. The van der Waals surface area contributed by atoms with Crippen molar-refractivity contribution in [2.75, 3.05) is 13.1 Å². The number of likely N-dealkylation sites (tertiary alicyclic amines) is 1. The van der Waals surface area contributed by atoms with Crippen molar-refractivity contribution < 1.29 is 9.59 Å². The molecule has 2 aliphatic rings. The van der Waals surface area contributed by atoms with Crippen LogP contribution in [0.5, 0.6) is 0 Å². The van der Waals surface area contributed by atoms with Crippen molar-refractivity contribution in [1.82, 2.24) is 30.0 Å². The Kier molecular flexibility index (Phi) is 5.34. The molecule has 2 amide bonds. The van der Waals surface area contributed by atoms with E-state index in [-0.39, 0.29) is 17.9 Å². The number of aromatic nitrogens is 4. The molecule has 1 fully saturated rings. The summed E-state index contributed by atoms with van der Waals surface area (Å²) >= 11 is 0. The molecule has 8 heteroatoms. The van der Waals surface area contributed by atoms with Crippen molar-refractivity contribution in [3.63, 3.8) is 0 Å². The molecule has 8 nitrogen and oxygen atoms in total. The second kappa shape index (κ2) is 7.93. The van der Waals surface area contributed by atoms with Gasteiger partial charge in [-0.25, -0.2) is 9.97 Å². The Bertz CT molecular complexity index is 922. The summed E-state index contributed by atoms with van der Waals surface area (Å²) in [7, 11) is 0. The molecule has 0 aliphatic carbocycles. The van der Waals surface area contributed by atoms with E-state index in [1.807, 2.05) is 22.1 Å². The quantitative estimate of drug-likeness (QED) is 0.860. The third kappa shape index (κ3) is 3.88. The summed E-state index contributed by atoms with van der Waals surface area (Å²) < 4.78 is 0. The first-order chi connectivity index (χ1) is 13.9. The first kappa shape index (κ1) is 19.5. The monoisotopic (exact) mass is 396 g/mol. The average molecular weight is 396 g/mol. The summed E-state index contributed by atoms with van der Waals surface area (Å²) in [6.45, 7) is 7.65. The van der Waals surface area contributed by atoms with Crippen molar-refractivity contribution in [3.8, 4) is 0 Å². The fourth-order valence-corrected chi connectivity index (χ4v) is 4.09. The SMILES string of the molecule is CC(=O)N1CCc2nc([C@@H]3CCCCN3C(=O)c3cc(C(C)C)[nH]n3)ncc2C1. The third-order valence-corrected chi connectivity index (χ3v) is 5.90. The molecule has 1 atom stereocenters. The van der Waals surface area contributed by atoms with E-state index in [4.69, 9.17) is 4.98 Å². The van der Waals surface area contributed by atoms with Gasteiger partial charge in [-0.2, -0.15) is 5.10 Å². The van der Waals surface area contributed by atoms with Gasteiger partial charge < -0.3 is 9.80 Å². The van der Waals surface area contributed by atoms with Crippen molar-refractivity contribution in [3.05, 3.63) is 40.7 Å². The van der Waals surface area contributed by atoms with E-state index < -0.39 is 0 Å². The Morgan fingerprint density at radius 1 is 1.24 bits per heavy atom. The van der Waals surface area contributed by atoms with E-state index in [0.29, 0.717) is 37.1 Å². The largest absolute Gasteiger partial charge is 0.338 e. The third-order valence-electron chi connectivity index (χ3n) is 5.90. The zero-order valence-electron chi connectivity index (χ0n) is 17.3. The topological polar surface area (TPSA) is 95.1 Å². The van der Waals surface area contributed by atoms with Gasteiger partial charge in [0.2, 0.25) is 5.91 Å². The van der Waals surface area contributed by atoms with Crippen molar-refractivity contribution in [2.24, 2.45) is 0 Å². The number of piperidine rings is 1. The van der Waals surface area contributed by atoms with Crippen LogP contribution in [0.1, 0.15) is 85.3 Å². The Labute approximate surface area is 170 Å². The highest BCUT2D eigenvalue weighted by Crippen LogP contribution is 2.31. The Morgan fingerprint density at radius 2 is 2.07 bits per heavy atom. The van der Waals surface area contributed by atoms with Crippen molar-refractivity contribution in [1.29, 1.82) is 0 Å². The molecule has 29 heavy (non-hydrogen) atoms. The predicted octanol–water partition coefficient (Wildman–Crippen LogP) is 2.60. The minimum absolute atomic E-state index is 0.0677. The Balaban J connectivity index is 1.57. The van der Waals surface area contributed by atoms with Crippen LogP contribution in [-0.4, -0.2) is 54.9 Å². The molecule has 1 saturated heterocycles. The zero-order valence-corrected chi connectivity index (χ0v) is 17.3. The van der Waals surface area contributed by atoms with Gasteiger partial charge in [0, 0.05) is 50.4 Å². The van der Waals surface area contributed by atoms with E-state index in [2.05, 4.69) is 29.0 Å². The maximum absolute atomic E-state index is 13.2. The molecule has 1 N–H and O–H groups in total. The molecule has 2 aromatic heterocycles. The van der Waals surface area contributed by atoms with Crippen molar-refractivity contribution >= 4 is 11.8 Å². The zero-order chi connectivity index (χ0) is 20.5. The van der Waals surface area contributed by atoms with Gasteiger partial charge in [0.15, 0.2) is 5.82 Å². The van der Waals surface area contributed by atoms with Gasteiger partial charge in [-0.15, -0.1) is 0 Å². The Morgan fingerprint density at radius 3 is 2.79 bits per heavy atom. The van der Waals surface area contributed by atoms with Crippen LogP contribution in [0.2, 0.25) is 0 Å². The molecule has 0 aromatic carbocycles. The lowest BCUT2D eigenvalue weighted by molar-refractivity contribution is -0.129. The van der Waals surface area contributed by atoms with Crippen molar-refractivity contribution in [2.45, 2.75) is 65.0 Å². The minimum atomic E-state index is -0.133. The van der Waals surface area contributed by atoms with Crippen LogP contribution in [0.15, 0.2) is 12.3 Å². The molecule has 0 radical (unpaired) electrons. The normalized spacial score (nSPS) is 19.4. The molecule has 154 valence electrons. The molecule has 2 aromatic rings. The highest BCUT2D eigenvalue weighted by Gasteiger charge is 2.32. The summed E-state index contributed by atoms with van der Waals surface area (Å²) in [6.07, 6.45) is 5.43. The molecule has 2 aliphatic heterocycles. The average Bonchev–Trinajstić information content (AvgIpc) is 3.23. The van der Waals surface area contributed by atoms with Gasteiger partial charge in [0.05, 0.1) is 11.7 Å². The summed E-state index contributed by atoms with van der Waals surface area (Å²) in [5, 5.41) is 7.21. The predicted molar refractivity (Wildman–Crippen MR) is 107 cm³/mol. The summed E-state index contributed by atoms with van der Waals surface area (Å²) in [5.41, 5.74) is 3.41. The number of hydrogen-bond donors (Lipinski definition) is 1. The van der Waals surface area contributed by atoms with Gasteiger partial charge in [0.25, 0.3) is 5.91 Å². The number of carbonyl (C=O) groups excluding carboxylic acids is 2. The summed E-state index contributed by atoms with van der Waals surface area (Å²) in [5.74, 6) is 0.998. The number of fused-ring (bicyclic) bond motifs is 1. The lowest BCUT2D eigenvalue weighted by Gasteiger charge is -2.35. The molecule has 0 unspecified atom stereocenters. The summed E-state index contributed by atoms with van der Waals surface area (Å²) in [6, 6.07) is 1.72. The number of nitrogens with zero attached hydrogens (tertiary/aromatic N) is 5.